The van der Waals surface area contributed by atoms with Crippen molar-refractivity contribution in [3.63, 3.8) is 0 Å². The van der Waals surface area contributed by atoms with Crippen LogP contribution in [0.25, 0.3) is 22.3 Å². The summed E-state index contributed by atoms with van der Waals surface area (Å²) >= 11 is 3.45. The van der Waals surface area contributed by atoms with Crippen LogP contribution in [0.3, 0.4) is 0 Å². The molecule has 0 saturated heterocycles. The van der Waals surface area contributed by atoms with Gasteiger partial charge in [0.05, 0.1) is 41.2 Å². The van der Waals surface area contributed by atoms with Crippen molar-refractivity contribution in [3.8, 4) is 17.3 Å². The van der Waals surface area contributed by atoms with Gasteiger partial charge in [-0.3, -0.25) is 9.67 Å². The van der Waals surface area contributed by atoms with E-state index in [0.29, 0.717) is 12.0 Å². The van der Waals surface area contributed by atoms with Crippen LogP contribution >= 0.6 is 15.9 Å². The van der Waals surface area contributed by atoms with E-state index in [2.05, 4.69) is 31.0 Å². The first-order chi connectivity index (χ1) is 11.7. The molecule has 0 radical (unpaired) electrons. The van der Waals surface area contributed by atoms with E-state index in [-0.39, 0.29) is 0 Å². The van der Waals surface area contributed by atoms with Crippen LogP contribution in [-0.4, -0.2) is 19.7 Å². The van der Waals surface area contributed by atoms with E-state index in [1.54, 1.807) is 12.3 Å². The number of hydrogen-bond acceptors (Lipinski definition) is 4. The molecule has 0 unspecified atom stereocenters. The number of aromatic nitrogens is 4. The van der Waals surface area contributed by atoms with Gasteiger partial charge in [-0.1, -0.05) is 22.0 Å². The Morgan fingerprint density at radius 2 is 2.12 bits per heavy atom. The first kappa shape index (κ1) is 15.0. The zero-order valence-corrected chi connectivity index (χ0v) is 14.4. The molecule has 0 amide bonds. The van der Waals surface area contributed by atoms with Crippen LogP contribution in [-0.2, 0) is 0 Å². The van der Waals surface area contributed by atoms with Crippen molar-refractivity contribution in [2.24, 2.45) is 5.92 Å². The third-order valence-corrected chi connectivity index (χ3v) is 4.86. The van der Waals surface area contributed by atoms with Gasteiger partial charge in [0.1, 0.15) is 0 Å². The van der Waals surface area contributed by atoms with Crippen molar-refractivity contribution in [2.45, 2.75) is 18.9 Å². The molecule has 1 aliphatic rings. The van der Waals surface area contributed by atoms with Crippen LogP contribution in [0.5, 0.6) is 0 Å². The number of benzene rings is 1. The molecule has 3 aromatic rings. The van der Waals surface area contributed by atoms with Crippen molar-refractivity contribution < 1.29 is 0 Å². The van der Waals surface area contributed by atoms with Crippen LogP contribution in [0.4, 0.5) is 0 Å². The third-order valence-electron chi connectivity index (χ3n) is 4.37. The average Bonchev–Trinajstić information content (AvgIpc) is 3.02. The molecule has 4 rings (SSSR count). The summed E-state index contributed by atoms with van der Waals surface area (Å²) in [6, 6.07) is 8.32. The number of allylic oxidation sites excluding steroid dienone is 2. The summed E-state index contributed by atoms with van der Waals surface area (Å²) < 4.78 is 2.99. The van der Waals surface area contributed by atoms with Crippen molar-refractivity contribution in [1.29, 1.82) is 5.26 Å². The second kappa shape index (κ2) is 6.17. The molecule has 118 valence electrons. The summed E-state index contributed by atoms with van der Waals surface area (Å²) in [5.41, 5.74) is 3.54. The monoisotopic (exact) mass is 379 g/mol. The van der Waals surface area contributed by atoms with Crippen LogP contribution in [0.1, 0.15) is 18.9 Å². The Kier molecular flexibility index (Phi) is 3.87. The Labute approximate surface area is 147 Å². The molecule has 1 fully saturated rings. The molecule has 0 N–H and O–H groups in total. The lowest BCUT2D eigenvalue weighted by Crippen LogP contribution is -2.25. The second-order valence-corrected chi connectivity index (χ2v) is 6.89. The van der Waals surface area contributed by atoms with Crippen LogP contribution in [0.15, 0.2) is 53.4 Å². The Bertz CT molecular complexity index is 963. The van der Waals surface area contributed by atoms with Gasteiger partial charge in [0.2, 0.25) is 0 Å². The van der Waals surface area contributed by atoms with E-state index in [0.717, 1.165) is 39.6 Å². The number of fused-ring (bicyclic) bond motifs is 1. The minimum atomic E-state index is 0.400. The SMILES string of the molecule is N#C/C=C/C1CC(n2cc(-c3cnc4cc(Br)ccc4n3)cn2)C1. The normalized spacial score (nSPS) is 20.2. The van der Waals surface area contributed by atoms with Crippen molar-refractivity contribution in [1.82, 2.24) is 19.7 Å². The zero-order valence-electron chi connectivity index (χ0n) is 12.8. The molecule has 1 aromatic carbocycles. The maximum Gasteiger partial charge on any atom is 0.0924 e. The molecule has 2 heterocycles. The molecule has 1 aliphatic carbocycles. The molecule has 0 bridgehead atoms. The molecule has 0 aliphatic heterocycles. The van der Waals surface area contributed by atoms with E-state index in [4.69, 9.17) is 5.26 Å². The van der Waals surface area contributed by atoms with Gasteiger partial charge in [-0.05, 0) is 37.0 Å². The number of rotatable bonds is 3. The first-order valence-corrected chi connectivity index (χ1v) is 8.55. The number of hydrogen-bond donors (Lipinski definition) is 0. The standard InChI is InChI=1S/C18H14BrN5/c19-14-3-4-16-17(8-14)21-10-18(23-16)13-9-22-24(11-13)15-6-12(7-15)2-1-5-20/h1-4,8-12,15H,6-7H2/b2-1+. The van der Waals surface area contributed by atoms with E-state index in [1.165, 1.54) is 0 Å². The number of nitriles is 1. The van der Waals surface area contributed by atoms with Gasteiger partial charge in [-0.25, -0.2) is 4.98 Å². The summed E-state index contributed by atoms with van der Waals surface area (Å²) in [6.45, 7) is 0. The highest BCUT2D eigenvalue weighted by atomic mass is 79.9. The van der Waals surface area contributed by atoms with Gasteiger partial charge < -0.3 is 0 Å². The van der Waals surface area contributed by atoms with Gasteiger partial charge in [-0.15, -0.1) is 0 Å². The highest BCUT2D eigenvalue weighted by Gasteiger charge is 2.29. The minimum Gasteiger partial charge on any atom is -0.269 e. The summed E-state index contributed by atoms with van der Waals surface area (Å²) in [5.74, 6) is 0.487. The van der Waals surface area contributed by atoms with Crippen LogP contribution in [0, 0.1) is 17.2 Å². The fourth-order valence-electron chi connectivity index (χ4n) is 2.98. The first-order valence-electron chi connectivity index (χ1n) is 7.76. The maximum absolute atomic E-state index is 8.57. The predicted molar refractivity (Wildman–Crippen MR) is 95.0 cm³/mol. The molecule has 2 aromatic heterocycles. The topological polar surface area (TPSA) is 67.4 Å². The van der Waals surface area contributed by atoms with Gasteiger partial charge in [0.25, 0.3) is 0 Å². The highest BCUT2D eigenvalue weighted by Crippen LogP contribution is 2.38. The number of halogens is 1. The second-order valence-electron chi connectivity index (χ2n) is 5.97. The number of nitrogens with zero attached hydrogens (tertiary/aromatic N) is 5. The van der Waals surface area contributed by atoms with Crippen molar-refractivity contribution in [3.05, 3.63) is 53.4 Å². The Hall–Kier alpha value is -2.52. The van der Waals surface area contributed by atoms with E-state index < -0.39 is 0 Å². The Balaban J connectivity index is 1.54. The minimum absolute atomic E-state index is 0.400. The molecule has 6 heteroatoms. The van der Waals surface area contributed by atoms with E-state index in [9.17, 15) is 0 Å². The smallest absolute Gasteiger partial charge is 0.0924 e. The summed E-state index contributed by atoms with van der Waals surface area (Å²) in [5, 5.41) is 13.0. The van der Waals surface area contributed by atoms with Gasteiger partial charge in [-0.2, -0.15) is 10.4 Å². The van der Waals surface area contributed by atoms with Gasteiger partial charge in [0, 0.05) is 22.3 Å². The Morgan fingerprint density at radius 1 is 1.25 bits per heavy atom. The van der Waals surface area contributed by atoms with Crippen LogP contribution in [0.2, 0.25) is 0 Å². The van der Waals surface area contributed by atoms with E-state index in [1.807, 2.05) is 47.4 Å². The average molecular weight is 380 g/mol. The fourth-order valence-corrected chi connectivity index (χ4v) is 3.32. The lowest BCUT2D eigenvalue weighted by molar-refractivity contribution is 0.224. The van der Waals surface area contributed by atoms with Gasteiger partial charge in [0.15, 0.2) is 0 Å². The molecule has 0 atom stereocenters. The molecular formula is C18H14BrN5. The third kappa shape index (κ3) is 2.83. The molecule has 1 saturated carbocycles. The molecule has 0 spiro atoms. The highest BCUT2D eigenvalue weighted by molar-refractivity contribution is 9.10. The van der Waals surface area contributed by atoms with E-state index >= 15 is 0 Å². The fraction of sp³-hybridized carbons (Fsp3) is 0.222. The zero-order chi connectivity index (χ0) is 16.5. The van der Waals surface area contributed by atoms with Crippen molar-refractivity contribution >= 4 is 27.0 Å². The predicted octanol–water partition coefficient (Wildman–Crippen LogP) is 4.29. The summed E-state index contributed by atoms with van der Waals surface area (Å²) in [6.07, 6.45) is 11.3. The Morgan fingerprint density at radius 3 is 2.96 bits per heavy atom. The van der Waals surface area contributed by atoms with Gasteiger partial charge >= 0.3 is 0 Å². The summed E-state index contributed by atoms with van der Waals surface area (Å²) in [7, 11) is 0. The quantitative estimate of drug-likeness (QED) is 0.636. The molecule has 24 heavy (non-hydrogen) atoms. The van der Waals surface area contributed by atoms with Crippen LogP contribution < -0.4 is 0 Å². The van der Waals surface area contributed by atoms with Crippen molar-refractivity contribution in [2.75, 3.05) is 0 Å². The summed E-state index contributed by atoms with van der Waals surface area (Å²) in [4.78, 5) is 9.16. The maximum atomic E-state index is 8.57. The molecular weight excluding hydrogens is 366 g/mol. The lowest BCUT2D eigenvalue weighted by Gasteiger charge is -2.33. The molecule has 5 nitrogen and oxygen atoms in total. The lowest BCUT2D eigenvalue weighted by atomic mass is 9.80. The largest absolute Gasteiger partial charge is 0.269 e.